The molecular formula is C23H24N4O11S2. The number of hydrogen-bond donors (Lipinski definition) is 2. The normalized spacial score (nSPS) is 20.4. The second-order valence-corrected chi connectivity index (χ2v) is 13.1. The third-order valence-corrected chi connectivity index (χ3v) is 9.79. The average molecular weight is 597 g/mol. The van der Waals surface area contributed by atoms with E-state index < -0.39 is 79.1 Å². The molecule has 40 heavy (non-hydrogen) atoms. The monoisotopic (exact) mass is 596 g/mol. The van der Waals surface area contributed by atoms with E-state index in [4.69, 9.17) is 9.47 Å². The first-order valence-corrected chi connectivity index (χ1v) is 15.3. The van der Waals surface area contributed by atoms with Gasteiger partial charge in [0.2, 0.25) is 20.0 Å². The molecule has 0 aromatic heterocycles. The highest BCUT2D eigenvalue weighted by Gasteiger charge is 2.42. The molecule has 2 N–H and O–H groups in total. The average Bonchev–Trinajstić information content (AvgIpc) is 3.67. The number of nitro benzene ring substituents is 2. The van der Waals surface area contributed by atoms with Crippen molar-refractivity contribution in [1.29, 1.82) is 0 Å². The number of sulfonamides is 2. The van der Waals surface area contributed by atoms with Crippen LogP contribution in [-0.4, -0.2) is 71.0 Å². The number of benzene rings is 2. The Labute approximate surface area is 228 Å². The third-order valence-electron chi connectivity index (χ3n) is 6.99. The van der Waals surface area contributed by atoms with E-state index >= 15 is 0 Å². The van der Waals surface area contributed by atoms with Gasteiger partial charge >= 0.3 is 0 Å². The third kappa shape index (κ3) is 5.23. The summed E-state index contributed by atoms with van der Waals surface area (Å²) in [5.74, 6) is -0.983. The molecule has 2 saturated heterocycles. The Hall–Kier alpha value is -3.35. The van der Waals surface area contributed by atoms with Crippen molar-refractivity contribution in [2.75, 3.05) is 26.3 Å². The highest BCUT2D eigenvalue weighted by Crippen LogP contribution is 2.48. The van der Waals surface area contributed by atoms with Gasteiger partial charge in [0.25, 0.3) is 11.4 Å². The molecule has 0 amide bonds. The van der Waals surface area contributed by atoms with Crippen molar-refractivity contribution in [1.82, 2.24) is 9.44 Å². The zero-order valence-corrected chi connectivity index (χ0v) is 22.5. The van der Waals surface area contributed by atoms with Crippen molar-refractivity contribution in [2.24, 2.45) is 0 Å². The van der Waals surface area contributed by atoms with Crippen molar-refractivity contribution in [3.63, 3.8) is 0 Å². The van der Waals surface area contributed by atoms with Crippen LogP contribution in [0.5, 0.6) is 0 Å². The molecule has 0 unspecified atom stereocenters. The highest BCUT2D eigenvalue weighted by molar-refractivity contribution is 7.89. The Bertz CT molecular complexity index is 1510. The van der Waals surface area contributed by atoms with Crippen LogP contribution in [-0.2, 0) is 29.5 Å². The highest BCUT2D eigenvalue weighted by atomic mass is 32.2. The molecule has 0 bridgehead atoms. The SMILES string of the molecule is O=C1c2cc(S(=O)(=O)NC[C@H]3CCCO3)cc([N+](=O)[O-])c2-c2c1cc(S(=O)(=O)NC[C@H]1CCCO1)cc2[N+](=O)[O-]. The molecule has 2 aliphatic heterocycles. The minimum absolute atomic E-state index is 0.0903. The van der Waals surface area contributed by atoms with Crippen LogP contribution in [0.3, 0.4) is 0 Å². The van der Waals surface area contributed by atoms with Crippen LogP contribution in [0.1, 0.15) is 41.6 Å². The molecule has 2 fully saturated rings. The van der Waals surface area contributed by atoms with Gasteiger partial charge in [-0.1, -0.05) is 0 Å². The molecule has 0 spiro atoms. The van der Waals surface area contributed by atoms with Gasteiger partial charge in [-0.3, -0.25) is 25.0 Å². The smallest absolute Gasteiger partial charge is 0.279 e. The fourth-order valence-electron chi connectivity index (χ4n) is 5.01. The van der Waals surface area contributed by atoms with E-state index in [2.05, 4.69) is 9.44 Å². The number of hydrogen-bond acceptors (Lipinski definition) is 11. The van der Waals surface area contributed by atoms with E-state index in [1.54, 1.807) is 0 Å². The van der Waals surface area contributed by atoms with Gasteiger partial charge < -0.3 is 9.47 Å². The molecular weight excluding hydrogens is 572 g/mol. The molecule has 0 saturated carbocycles. The van der Waals surface area contributed by atoms with Gasteiger partial charge in [0, 0.05) is 49.6 Å². The predicted octanol–water partition coefficient (Wildman–Crippen LogP) is 1.63. The fraction of sp³-hybridized carbons (Fsp3) is 0.435. The van der Waals surface area contributed by atoms with E-state index in [-0.39, 0.29) is 25.3 Å². The number of nitrogens with zero attached hydrogens (tertiary/aromatic N) is 2. The maximum Gasteiger partial charge on any atom is 0.279 e. The Kier molecular flexibility index (Phi) is 7.45. The summed E-state index contributed by atoms with van der Waals surface area (Å²) in [5.41, 5.74) is -3.54. The molecule has 15 nitrogen and oxygen atoms in total. The second kappa shape index (κ2) is 10.6. The minimum Gasteiger partial charge on any atom is -0.377 e. The maximum absolute atomic E-state index is 13.4. The number of fused-ring (bicyclic) bond motifs is 3. The van der Waals surface area contributed by atoms with Crippen molar-refractivity contribution >= 4 is 37.2 Å². The Morgan fingerprint density at radius 2 is 1.15 bits per heavy atom. The number of nitrogens with one attached hydrogen (secondary N) is 2. The van der Waals surface area contributed by atoms with Crippen LogP contribution in [0.4, 0.5) is 11.4 Å². The van der Waals surface area contributed by atoms with Crippen molar-refractivity contribution < 1.29 is 41.0 Å². The number of carbonyl (C=O) groups excluding carboxylic acids is 1. The fourth-order valence-corrected chi connectivity index (χ4v) is 7.24. The summed E-state index contributed by atoms with van der Waals surface area (Å²) in [6.45, 7) is 0.771. The van der Waals surface area contributed by atoms with Gasteiger partial charge in [0.05, 0.1) is 43.0 Å². The topological polar surface area (TPSA) is 214 Å². The van der Waals surface area contributed by atoms with Crippen LogP contribution in [0.25, 0.3) is 11.1 Å². The zero-order chi connectivity index (χ0) is 28.8. The summed E-state index contributed by atoms with van der Waals surface area (Å²) >= 11 is 0. The molecule has 0 radical (unpaired) electrons. The van der Waals surface area contributed by atoms with Crippen LogP contribution in [0.2, 0.25) is 0 Å². The summed E-state index contributed by atoms with van der Waals surface area (Å²) in [6, 6.07) is 3.24. The van der Waals surface area contributed by atoms with Gasteiger partial charge in [-0.2, -0.15) is 0 Å². The summed E-state index contributed by atoms with van der Waals surface area (Å²) in [4.78, 5) is 34.4. The van der Waals surface area contributed by atoms with E-state index in [0.29, 0.717) is 26.1 Å². The number of ether oxygens (including phenoxy) is 2. The molecule has 2 aromatic carbocycles. The second-order valence-electron chi connectivity index (χ2n) is 9.55. The molecule has 17 heteroatoms. The van der Waals surface area contributed by atoms with Crippen LogP contribution >= 0.6 is 0 Å². The van der Waals surface area contributed by atoms with Crippen molar-refractivity contribution in [2.45, 2.75) is 47.7 Å². The molecule has 3 aliphatic rings. The largest absolute Gasteiger partial charge is 0.377 e. The summed E-state index contributed by atoms with van der Waals surface area (Å²) < 4.78 is 67.3. The standard InChI is InChI=1S/C23H24N4O11S2/c28-23-17-7-15(39(33,34)24-11-13-3-1-5-37-13)9-19(26(29)30)21(17)22-18(23)8-16(10-20(22)27(31)32)40(35,36)25-12-14-4-2-6-38-14/h7-10,13-14,24-25H,1-6,11-12H2/t13-,14-/m1/s1. The van der Waals surface area contributed by atoms with Gasteiger partial charge in [-0.15, -0.1) is 0 Å². The van der Waals surface area contributed by atoms with Gasteiger partial charge in [-0.25, -0.2) is 26.3 Å². The summed E-state index contributed by atoms with van der Waals surface area (Å²) in [7, 11) is -8.70. The molecule has 214 valence electrons. The summed E-state index contributed by atoms with van der Waals surface area (Å²) in [5, 5.41) is 24.0. The predicted molar refractivity (Wildman–Crippen MR) is 137 cm³/mol. The van der Waals surface area contributed by atoms with E-state index in [1.807, 2.05) is 0 Å². The number of ketones is 1. The zero-order valence-electron chi connectivity index (χ0n) is 20.8. The Morgan fingerprint density at radius 3 is 1.48 bits per heavy atom. The Balaban J connectivity index is 1.57. The van der Waals surface area contributed by atoms with Gasteiger partial charge in [0.15, 0.2) is 5.78 Å². The number of nitro groups is 2. The first kappa shape index (κ1) is 28.2. The van der Waals surface area contributed by atoms with Gasteiger partial charge in [-0.05, 0) is 37.8 Å². The minimum atomic E-state index is -4.35. The summed E-state index contributed by atoms with van der Waals surface area (Å²) in [6.07, 6.45) is 2.01. The molecule has 2 atom stereocenters. The number of rotatable bonds is 10. The van der Waals surface area contributed by atoms with Crippen LogP contribution in [0, 0.1) is 20.2 Å². The lowest BCUT2D eigenvalue weighted by Crippen LogP contribution is -2.32. The Morgan fingerprint density at radius 1 is 0.750 bits per heavy atom. The lowest BCUT2D eigenvalue weighted by atomic mass is 10.0. The van der Waals surface area contributed by atoms with Crippen molar-refractivity contribution in [3.8, 4) is 11.1 Å². The molecule has 2 heterocycles. The van der Waals surface area contributed by atoms with E-state index in [1.165, 1.54) is 0 Å². The molecule has 2 aromatic rings. The van der Waals surface area contributed by atoms with Crippen molar-refractivity contribution in [3.05, 3.63) is 55.6 Å². The lowest BCUT2D eigenvalue weighted by molar-refractivity contribution is -0.386. The first-order valence-electron chi connectivity index (χ1n) is 12.3. The number of carbonyl (C=O) groups is 1. The van der Waals surface area contributed by atoms with E-state index in [9.17, 15) is 41.9 Å². The van der Waals surface area contributed by atoms with Crippen LogP contribution in [0.15, 0.2) is 34.1 Å². The van der Waals surface area contributed by atoms with Gasteiger partial charge in [0.1, 0.15) is 0 Å². The quantitative estimate of drug-likeness (QED) is 0.253. The maximum atomic E-state index is 13.4. The van der Waals surface area contributed by atoms with Crippen LogP contribution < -0.4 is 9.44 Å². The molecule has 1 aliphatic carbocycles. The van der Waals surface area contributed by atoms with E-state index in [0.717, 1.165) is 37.1 Å². The molecule has 5 rings (SSSR count). The lowest BCUT2D eigenvalue weighted by Gasteiger charge is -2.13. The first-order chi connectivity index (χ1) is 18.9.